The Morgan fingerprint density at radius 3 is 2.71 bits per heavy atom. The summed E-state index contributed by atoms with van der Waals surface area (Å²) in [6.07, 6.45) is 4.79. The second-order valence-electron chi connectivity index (χ2n) is 5.18. The largest absolute Gasteiger partial charge is 0.314 e. The normalized spacial score (nSPS) is 12.6. The van der Waals surface area contributed by atoms with Crippen molar-refractivity contribution in [1.29, 1.82) is 0 Å². The highest BCUT2D eigenvalue weighted by Gasteiger charge is 2.12. The third kappa shape index (κ3) is 4.73. The minimum absolute atomic E-state index is 0.392. The standard InChI is InChI=1S/C16H21Cl2N3/c1-3-19-14(6-7-15-8-9-20-21(15)2)10-12-4-5-13(17)11-16(12)18/h4-5,8-9,11,14,19H,3,6-7,10H2,1-2H3. The van der Waals surface area contributed by atoms with Crippen LogP contribution in [0.15, 0.2) is 30.5 Å². The Morgan fingerprint density at radius 1 is 1.29 bits per heavy atom. The zero-order valence-electron chi connectivity index (χ0n) is 12.4. The molecule has 1 N–H and O–H groups in total. The molecule has 0 aliphatic heterocycles. The topological polar surface area (TPSA) is 29.9 Å². The second kappa shape index (κ2) is 7.83. The molecular formula is C16H21Cl2N3. The molecule has 0 bridgehead atoms. The summed E-state index contributed by atoms with van der Waals surface area (Å²) in [6, 6.07) is 8.18. The summed E-state index contributed by atoms with van der Waals surface area (Å²) >= 11 is 12.2. The summed E-state index contributed by atoms with van der Waals surface area (Å²) < 4.78 is 1.93. The fourth-order valence-corrected chi connectivity index (χ4v) is 2.97. The molecule has 21 heavy (non-hydrogen) atoms. The molecule has 0 aliphatic carbocycles. The van der Waals surface area contributed by atoms with Gasteiger partial charge in [-0.2, -0.15) is 5.10 Å². The molecule has 0 saturated carbocycles. The maximum absolute atomic E-state index is 6.27. The van der Waals surface area contributed by atoms with Gasteiger partial charge in [-0.05, 0) is 49.6 Å². The van der Waals surface area contributed by atoms with E-state index < -0.39 is 0 Å². The highest BCUT2D eigenvalue weighted by Crippen LogP contribution is 2.23. The van der Waals surface area contributed by atoms with E-state index in [1.165, 1.54) is 5.69 Å². The Labute approximate surface area is 136 Å². The van der Waals surface area contributed by atoms with Crippen molar-refractivity contribution in [3.05, 3.63) is 51.8 Å². The van der Waals surface area contributed by atoms with Gasteiger partial charge in [0.1, 0.15) is 0 Å². The quantitative estimate of drug-likeness (QED) is 0.837. The molecule has 0 amide bonds. The van der Waals surface area contributed by atoms with Crippen molar-refractivity contribution < 1.29 is 0 Å². The van der Waals surface area contributed by atoms with Gasteiger partial charge in [-0.1, -0.05) is 36.2 Å². The number of nitrogens with one attached hydrogen (secondary N) is 1. The molecule has 1 heterocycles. The van der Waals surface area contributed by atoms with E-state index in [0.717, 1.165) is 36.4 Å². The van der Waals surface area contributed by atoms with Crippen molar-refractivity contribution >= 4 is 23.2 Å². The predicted molar refractivity (Wildman–Crippen MR) is 89.2 cm³/mol. The average Bonchev–Trinajstić information content (AvgIpc) is 2.85. The van der Waals surface area contributed by atoms with Gasteiger partial charge in [0.25, 0.3) is 0 Å². The molecule has 2 aromatic rings. The van der Waals surface area contributed by atoms with Gasteiger partial charge >= 0.3 is 0 Å². The number of nitrogens with zero attached hydrogens (tertiary/aromatic N) is 2. The molecule has 1 aromatic carbocycles. The van der Waals surface area contributed by atoms with Gasteiger partial charge in [0.2, 0.25) is 0 Å². The van der Waals surface area contributed by atoms with Crippen LogP contribution in [0.2, 0.25) is 10.0 Å². The van der Waals surface area contributed by atoms with Crippen LogP contribution < -0.4 is 5.32 Å². The lowest BCUT2D eigenvalue weighted by Gasteiger charge is -2.19. The molecular weight excluding hydrogens is 305 g/mol. The highest BCUT2D eigenvalue weighted by atomic mass is 35.5. The lowest BCUT2D eigenvalue weighted by Crippen LogP contribution is -2.31. The average molecular weight is 326 g/mol. The third-order valence-electron chi connectivity index (χ3n) is 3.65. The number of halogens is 2. The Hall–Kier alpha value is -1.03. The van der Waals surface area contributed by atoms with Crippen LogP contribution in [0, 0.1) is 0 Å². The zero-order valence-corrected chi connectivity index (χ0v) is 14.0. The van der Waals surface area contributed by atoms with Crippen LogP contribution in [0.3, 0.4) is 0 Å². The number of hydrogen-bond donors (Lipinski definition) is 1. The lowest BCUT2D eigenvalue weighted by atomic mass is 10.0. The first-order valence-corrected chi connectivity index (χ1v) is 8.00. The molecule has 1 aromatic heterocycles. The van der Waals surface area contributed by atoms with Gasteiger partial charge in [0.05, 0.1) is 0 Å². The zero-order chi connectivity index (χ0) is 15.2. The lowest BCUT2D eigenvalue weighted by molar-refractivity contribution is 0.484. The summed E-state index contributed by atoms with van der Waals surface area (Å²) in [5.41, 5.74) is 2.39. The Kier molecular flexibility index (Phi) is 6.09. The molecule has 2 rings (SSSR count). The first-order chi connectivity index (χ1) is 10.1. The van der Waals surface area contributed by atoms with Crippen LogP contribution in [0.5, 0.6) is 0 Å². The number of rotatable bonds is 7. The predicted octanol–water partition coefficient (Wildman–Crippen LogP) is 3.88. The van der Waals surface area contributed by atoms with Crippen LogP contribution in [0.1, 0.15) is 24.6 Å². The minimum atomic E-state index is 0.392. The molecule has 114 valence electrons. The van der Waals surface area contributed by atoms with Gasteiger partial charge in [-0.15, -0.1) is 0 Å². The van der Waals surface area contributed by atoms with Gasteiger partial charge in [0, 0.05) is 35.0 Å². The summed E-state index contributed by atoms with van der Waals surface area (Å²) in [4.78, 5) is 0. The van der Waals surface area contributed by atoms with Crippen molar-refractivity contribution in [3.8, 4) is 0 Å². The highest BCUT2D eigenvalue weighted by molar-refractivity contribution is 6.35. The van der Waals surface area contributed by atoms with E-state index in [0.29, 0.717) is 11.1 Å². The number of benzene rings is 1. The molecule has 3 nitrogen and oxygen atoms in total. The van der Waals surface area contributed by atoms with Gasteiger partial charge in [-0.25, -0.2) is 0 Å². The molecule has 0 aliphatic rings. The van der Waals surface area contributed by atoms with Gasteiger partial charge < -0.3 is 5.32 Å². The number of hydrogen-bond acceptors (Lipinski definition) is 2. The van der Waals surface area contributed by atoms with Gasteiger partial charge in [0.15, 0.2) is 0 Å². The number of aromatic nitrogens is 2. The first kappa shape index (κ1) is 16.3. The Bertz CT molecular complexity index is 581. The summed E-state index contributed by atoms with van der Waals surface area (Å²) in [6.45, 7) is 3.07. The summed E-state index contributed by atoms with van der Waals surface area (Å²) in [5.74, 6) is 0. The van der Waals surface area contributed by atoms with Crippen molar-refractivity contribution in [1.82, 2.24) is 15.1 Å². The molecule has 0 saturated heterocycles. The van der Waals surface area contributed by atoms with Crippen LogP contribution in [0.4, 0.5) is 0 Å². The number of likely N-dealkylation sites (N-methyl/N-ethyl adjacent to an activating group) is 1. The molecule has 1 unspecified atom stereocenters. The van der Waals surface area contributed by atoms with Crippen LogP contribution in [0.25, 0.3) is 0 Å². The first-order valence-electron chi connectivity index (χ1n) is 7.24. The van der Waals surface area contributed by atoms with E-state index >= 15 is 0 Å². The van der Waals surface area contributed by atoms with Crippen molar-refractivity contribution in [2.45, 2.75) is 32.2 Å². The molecule has 1 atom stereocenters. The Balaban J connectivity index is 1.99. The van der Waals surface area contributed by atoms with E-state index in [2.05, 4.69) is 23.4 Å². The molecule has 0 spiro atoms. The van der Waals surface area contributed by atoms with Crippen molar-refractivity contribution in [2.75, 3.05) is 6.54 Å². The van der Waals surface area contributed by atoms with Gasteiger partial charge in [-0.3, -0.25) is 4.68 Å². The SMILES string of the molecule is CCNC(CCc1ccnn1C)Cc1ccc(Cl)cc1Cl. The molecule has 0 fully saturated rings. The van der Waals surface area contributed by atoms with E-state index in [1.54, 1.807) is 0 Å². The Morgan fingerprint density at radius 2 is 2.10 bits per heavy atom. The summed E-state index contributed by atoms with van der Waals surface area (Å²) in [7, 11) is 1.98. The maximum Gasteiger partial charge on any atom is 0.0492 e. The van der Waals surface area contributed by atoms with E-state index in [4.69, 9.17) is 23.2 Å². The molecule has 0 radical (unpaired) electrons. The maximum atomic E-state index is 6.27. The third-order valence-corrected chi connectivity index (χ3v) is 4.23. The van der Waals surface area contributed by atoms with Crippen LogP contribution in [-0.4, -0.2) is 22.4 Å². The second-order valence-corrected chi connectivity index (χ2v) is 6.02. The van der Waals surface area contributed by atoms with E-state index in [1.807, 2.05) is 36.1 Å². The summed E-state index contributed by atoms with van der Waals surface area (Å²) in [5, 5.41) is 9.16. The fourth-order valence-electron chi connectivity index (χ4n) is 2.49. The number of aryl methyl sites for hydroxylation is 2. The smallest absolute Gasteiger partial charge is 0.0492 e. The van der Waals surface area contributed by atoms with Crippen LogP contribution >= 0.6 is 23.2 Å². The van der Waals surface area contributed by atoms with Crippen LogP contribution in [-0.2, 0) is 19.9 Å². The van der Waals surface area contributed by atoms with E-state index in [9.17, 15) is 0 Å². The van der Waals surface area contributed by atoms with E-state index in [-0.39, 0.29) is 0 Å². The minimum Gasteiger partial charge on any atom is -0.314 e. The fraction of sp³-hybridized carbons (Fsp3) is 0.438. The van der Waals surface area contributed by atoms with Crippen molar-refractivity contribution in [2.24, 2.45) is 7.05 Å². The molecule has 5 heteroatoms. The monoisotopic (exact) mass is 325 g/mol. The van der Waals surface area contributed by atoms with Crippen molar-refractivity contribution in [3.63, 3.8) is 0 Å².